The van der Waals surface area contributed by atoms with Crippen LogP contribution in [-0.2, 0) is 4.79 Å². The maximum absolute atomic E-state index is 12.2. The van der Waals surface area contributed by atoms with Gasteiger partial charge in [-0.05, 0) is 37.3 Å². The van der Waals surface area contributed by atoms with Gasteiger partial charge in [0, 0.05) is 25.0 Å². The lowest BCUT2D eigenvalue weighted by Gasteiger charge is -2.29. The monoisotopic (exact) mass is 283 g/mol. The first-order valence-electron chi connectivity index (χ1n) is 7.33. The van der Waals surface area contributed by atoms with E-state index in [1.54, 1.807) is 6.20 Å². The number of carbonyl (C=O) groups excluding carboxylic acids is 1. The van der Waals surface area contributed by atoms with Gasteiger partial charge in [-0.1, -0.05) is 25.1 Å². The van der Waals surface area contributed by atoms with Gasteiger partial charge in [-0.25, -0.2) is 0 Å². The SMILES string of the molecule is Cc1ccccc1NC(=O)/C(C#N)=C\N1CCC(C)CC1. The lowest BCUT2D eigenvalue weighted by molar-refractivity contribution is -0.112. The molecule has 0 atom stereocenters. The van der Waals surface area contributed by atoms with Crippen molar-refractivity contribution in [2.24, 2.45) is 5.92 Å². The molecule has 1 N–H and O–H groups in total. The summed E-state index contributed by atoms with van der Waals surface area (Å²) < 4.78 is 0. The number of amides is 1. The Bertz CT molecular complexity index is 578. The topological polar surface area (TPSA) is 56.1 Å². The van der Waals surface area contributed by atoms with Crippen LogP contribution >= 0.6 is 0 Å². The number of rotatable bonds is 3. The van der Waals surface area contributed by atoms with Crippen LogP contribution in [0.3, 0.4) is 0 Å². The Morgan fingerprint density at radius 2 is 2.05 bits per heavy atom. The van der Waals surface area contributed by atoms with Crippen LogP contribution in [0.15, 0.2) is 36.0 Å². The summed E-state index contributed by atoms with van der Waals surface area (Å²) in [6.07, 6.45) is 3.91. The van der Waals surface area contributed by atoms with Crippen LogP contribution in [0.2, 0.25) is 0 Å². The lowest BCUT2D eigenvalue weighted by atomic mass is 9.99. The molecule has 1 fully saturated rings. The number of nitrogens with one attached hydrogen (secondary N) is 1. The van der Waals surface area contributed by atoms with Crippen molar-refractivity contribution in [2.45, 2.75) is 26.7 Å². The first kappa shape index (κ1) is 15.1. The highest BCUT2D eigenvalue weighted by Gasteiger charge is 2.16. The second kappa shape index (κ2) is 6.94. The van der Waals surface area contributed by atoms with Gasteiger partial charge in [0.15, 0.2) is 0 Å². The fourth-order valence-corrected chi connectivity index (χ4v) is 2.38. The van der Waals surface area contributed by atoms with Gasteiger partial charge in [-0.3, -0.25) is 4.79 Å². The predicted octanol–water partition coefficient (Wildman–Crippen LogP) is 3.07. The van der Waals surface area contributed by atoms with Gasteiger partial charge >= 0.3 is 0 Å². The molecule has 1 aromatic carbocycles. The lowest BCUT2D eigenvalue weighted by Crippen LogP contribution is -2.29. The van der Waals surface area contributed by atoms with E-state index in [9.17, 15) is 10.1 Å². The molecule has 21 heavy (non-hydrogen) atoms. The standard InChI is InChI=1S/C17H21N3O/c1-13-7-9-20(10-8-13)12-15(11-18)17(21)19-16-6-4-3-5-14(16)2/h3-6,12-13H,7-10H2,1-2H3,(H,19,21)/b15-12-. The highest BCUT2D eigenvalue weighted by atomic mass is 16.1. The molecule has 1 amide bonds. The van der Waals surface area contributed by atoms with Gasteiger partial charge in [0.05, 0.1) is 0 Å². The smallest absolute Gasteiger partial charge is 0.267 e. The molecule has 1 aliphatic rings. The number of benzene rings is 1. The number of para-hydroxylation sites is 1. The van der Waals surface area contributed by atoms with Crippen molar-refractivity contribution in [3.05, 3.63) is 41.6 Å². The molecule has 0 unspecified atom stereocenters. The van der Waals surface area contributed by atoms with Gasteiger partial charge in [0.1, 0.15) is 11.6 Å². The van der Waals surface area contributed by atoms with E-state index in [-0.39, 0.29) is 11.5 Å². The second-order valence-electron chi connectivity index (χ2n) is 5.64. The Morgan fingerprint density at radius 1 is 1.38 bits per heavy atom. The quantitative estimate of drug-likeness (QED) is 0.685. The zero-order valence-corrected chi connectivity index (χ0v) is 12.6. The Kier molecular flexibility index (Phi) is 4.99. The third-order valence-corrected chi connectivity index (χ3v) is 3.89. The molecule has 0 radical (unpaired) electrons. The fourth-order valence-electron chi connectivity index (χ4n) is 2.38. The van der Waals surface area contributed by atoms with E-state index in [4.69, 9.17) is 0 Å². The molecule has 1 aromatic rings. The molecule has 0 spiro atoms. The van der Waals surface area contributed by atoms with E-state index < -0.39 is 0 Å². The number of nitriles is 1. The molecule has 1 aliphatic heterocycles. The molecular formula is C17H21N3O. The average molecular weight is 283 g/mol. The van der Waals surface area contributed by atoms with E-state index in [1.165, 1.54) is 0 Å². The van der Waals surface area contributed by atoms with E-state index >= 15 is 0 Å². The number of piperidine rings is 1. The molecule has 2 rings (SSSR count). The predicted molar refractivity (Wildman–Crippen MR) is 83.5 cm³/mol. The fraction of sp³-hybridized carbons (Fsp3) is 0.412. The number of nitrogens with zero attached hydrogens (tertiary/aromatic N) is 2. The van der Waals surface area contributed by atoms with E-state index in [0.29, 0.717) is 0 Å². The third-order valence-electron chi connectivity index (χ3n) is 3.89. The molecule has 0 bridgehead atoms. The van der Waals surface area contributed by atoms with Crippen molar-refractivity contribution in [1.82, 2.24) is 4.90 Å². The first-order chi connectivity index (χ1) is 10.1. The van der Waals surface area contributed by atoms with E-state index in [1.807, 2.05) is 37.3 Å². The van der Waals surface area contributed by atoms with Crippen LogP contribution in [0, 0.1) is 24.2 Å². The molecule has 110 valence electrons. The van der Waals surface area contributed by atoms with Crippen molar-refractivity contribution in [3.8, 4) is 6.07 Å². The summed E-state index contributed by atoms with van der Waals surface area (Å²) in [5, 5.41) is 12.0. The van der Waals surface area contributed by atoms with Crippen molar-refractivity contribution in [3.63, 3.8) is 0 Å². The van der Waals surface area contributed by atoms with Gasteiger partial charge < -0.3 is 10.2 Å². The maximum Gasteiger partial charge on any atom is 0.267 e. The minimum atomic E-state index is -0.342. The molecule has 0 aromatic heterocycles. The van der Waals surface area contributed by atoms with Crippen LogP contribution in [0.4, 0.5) is 5.69 Å². The highest BCUT2D eigenvalue weighted by molar-refractivity contribution is 6.06. The Morgan fingerprint density at radius 3 is 2.67 bits per heavy atom. The second-order valence-corrected chi connectivity index (χ2v) is 5.64. The molecule has 4 nitrogen and oxygen atoms in total. The van der Waals surface area contributed by atoms with Gasteiger partial charge in [0.2, 0.25) is 0 Å². The summed E-state index contributed by atoms with van der Waals surface area (Å²) in [6, 6.07) is 9.56. The zero-order valence-electron chi connectivity index (χ0n) is 12.6. The molecule has 1 saturated heterocycles. The van der Waals surface area contributed by atoms with E-state index in [0.717, 1.165) is 43.1 Å². The summed E-state index contributed by atoms with van der Waals surface area (Å²) in [4.78, 5) is 14.3. The van der Waals surface area contributed by atoms with Gasteiger partial charge in [-0.2, -0.15) is 5.26 Å². The summed E-state index contributed by atoms with van der Waals surface area (Å²) in [5.74, 6) is 0.381. The van der Waals surface area contributed by atoms with Crippen LogP contribution in [0.5, 0.6) is 0 Å². The minimum Gasteiger partial charge on any atom is -0.376 e. The van der Waals surface area contributed by atoms with E-state index in [2.05, 4.69) is 17.1 Å². The molecule has 4 heteroatoms. The Labute approximate surface area is 126 Å². The largest absolute Gasteiger partial charge is 0.376 e. The number of hydrogen-bond donors (Lipinski definition) is 1. The van der Waals surface area contributed by atoms with Crippen molar-refractivity contribution < 1.29 is 4.79 Å². The van der Waals surface area contributed by atoms with Crippen LogP contribution in [0.25, 0.3) is 0 Å². The Hall–Kier alpha value is -2.28. The number of hydrogen-bond acceptors (Lipinski definition) is 3. The van der Waals surface area contributed by atoms with Gasteiger partial charge in [-0.15, -0.1) is 0 Å². The number of carbonyl (C=O) groups is 1. The first-order valence-corrected chi connectivity index (χ1v) is 7.33. The number of anilines is 1. The Balaban J connectivity index is 2.05. The number of likely N-dealkylation sites (tertiary alicyclic amines) is 1. The summed E-state index contributed by atoms with van der Waals surface area (Å²) in [5.41, 5.74) is 1.89. The van der Waals surface area contributed by atoms with Crippen LogP contribution < -0.4 is 5.32 Å². The molecule has 1 heterocycles. The highest BCUT2D eigenvalue weighted by Crippen LogP contribution is 2.18. The zero-order chi connectivity index (χ0) is 15.2. The van der Waals surface area contributed by atoms with Crippen LogP contribution in [0.1, 0.15) is 25.3 Å². The minimum absolute atomic E-state index is 0.160. The van der Waals surface area contributed by atoms with Crippen LogP contribution in [-0.4, -0.2) is 23.9 Å². The third kappa shape index (κ3) is 4.09. The number of aryl methyl sites for hydroxylation is 1. The summed E-state index contributed by atoms with van der Waals surface area (Å²) in [6.45, 7) is 5.97. The summed E-state index contributed by atoms with van der Waals surface area (Å²) >= 11 is 0. The normalized spacial score (nSPS) is 16.4. The summed E-state index contributed by atoms with van der Waals surface area (Å²) in [7, 11) is 0. The molecular weight excluding hydrogens is 262 g/mol. The molecule has 0 saturated carbocycles. The molecule has 0 aliphatic carbocycles. The van der Waals surface area contributed by atoms with Gasteiger partial charge in [0.25, 0.3) is 5.91 Å². The van der Waals surface area contributed by atoms with Crippen molar-refractivity contribution >= 4 is 11.6 Å². The van der Waals surface area contributed by atoms with Crippen molar-refractivity contribution in [2.75, 3.05) is 18.4 Å². The maximum atomic E-state index is 12.2. The average Bonchev–Trinajstić information content (AvgIpc) is 2.49. The van der Waals surface area contributed by atoms with Crippen molar-refractivity contribution in [1.29, 1.82) is 5.26 Å².